The van der Waals surface area contributed by atoms with Crippen LogP contribution < -0.4 is 15.2 Å². The first-order chi connectivity index (χ1) is 14.7. The maximum absolute atomic E-state index is 12.5. The number of nitrogens with two attached hydrogens (primary N) is 1. The van der Waals surface area contributed by atoms with Crippen LogP contribution in [0.4, 0.5) is 4.79 Å². The summed E-state index contributed by atoms with van der Waals surface area (Å²) in [6, 6.07) is 8.98. The summed E-state index contributed by atoms with van der Waals surface area (Å²) in [7, 11) is -3.81. The van der Waals surface area contributed by atoms with E-state index < -0.39 is 26.3 Å². The SMILES string of the molecule is COc1ccccc1OC1=C(Cl)N(C(N)=O)C(c2ccnc(C#N)c2)(S(=O)(=O)O)N=C1. The Hall–Kier alpha value is -3.66. The first kappa shape index (κ1) is 22.0. The van der Waals surface area contributed by atoms with Gasteiger partial charge in [-0.2, -0.15) is 13.7 Å². The Kier molecular flexibility index (Phi) is 5.85. The lowest BCUT2D eigenvalue weighted by atomic mass is 10.1. The van der Waals surface area contributed by atoms with Crippen molar-refractivity contribution in [3.05, 3.63) is 64.8 Å². The molecular formula is C18H14ClN5O6S. The highest BCUT2D eigenvalue weighted by Gasteiger charge is 2.56. The number of ether oxygens (including phenoxy) is 2. The summed E-state index contributed by atoms with van der Waals surface area (Å²) < 4.78 is 45.8. The number of methoxy groups -OCH3 is 1. The molecule has 11 nitrogen and oxygen atoms in total. The molecule has 0 radical (unpaired) electrons. The molecule has 3 N–H and O–H groups in total. The molecule has 31 heavy (non-hydrogen) atoms. The lowest BCUT2D eigenvalue weighted by molar-refractivity contribution is 0.185. The highest BCUT2D eigenvalue weighted by Crippen LogP contribution is 2.43. The molecule has 1 aromatic heterocycles. The zero-order valence-corrected chi connectivity index (χ0v) is 17.3. The maximum Gasteiger partial charge on any atom is 0.323 e. The second-order valence-corrected chi connectivity index (χ2v) is 7.84. The number of amides is 2. The van der Waals surface area contributed by atoms with E-state index in [4.69, 9.17) is 32.1 Å². The molecule has 1 atom stereocenters. The van der Waals surface area contributed by atoms with E-state index in [0.29, 0.717) is 10.6 Å². The number of aliphatic imine (C=N–C) groups is 1. The third-order valence-corrected chi connectivity index (χ3v) is 5.78. The van der Waals surface area contributed by atoms with Crippen LogP contribution in [0.2, 0.25) is 0 Å². The highest BCUT2D eigenvalue weighted by atomic mass is 35.5. The number of halogens is 1. The summed E-state index contributed by atoms with van der Waals surface area (Å²) in [6.45, 7) is 0. The van der Waals surface area contributed by atoms with Crippen LogP contribution in [0.15, 0.2) is 58.5 Å². The number of carbonyl (C=O) groups excluding carboxylic acids is 1. The first-order valence-corrected chi connectivity index (χ1v) is 10.2. The Balaban J connectivity index is 2.22. The predicted octanol–water partition coefficient (Wildman–Crippen LogP) is 1.91. The van der Waals surface area contributed by atoms with Gasteiger partial charge in [0.05, 0.1) is 13.3 Å². The number of urea groups is 1. The summed E-state index contributed by atoms with van der Waals surface area (Å²) in [4.78, 5) is 17.4. The van der Waals surface area contributed by atoms with Gasteiger partial charge in [0.1, 0.15) is 11.8 Å². The minimum Gasteiger partial charge on any atom is -0.493 e. The van der Waals surface area contributed by atoms with Crippen molar-refractivity contribution < 1.29 is 27.2 Å². The highest BCUT2D eigenvalue weighted by molar-refractivity contribution is 7.86. The molecule has 2 heterocycles. The number of nitriles is 1. The van der Waals surface area contributed by atoms with Gasteiger partial charge >= 0.3 is 16.1 Å². The number of primary amides is 1. The number of nitrogens with zero attached hydrogens (tertiary/aromatic N) is 4. The molecule has 0 spiro atoms. The molecule has 0 fully saturated rings. The number of rotatable bonds is 5. The van der Waals surface area contributed by atoms with Gasteiger partial charge in [-0.3, -0.25) is 4.55 Å². The Morgan fingerprint density at radius 1 is 1.32 bits per heavy atom. The molecule has 2 aromatic rings. The number of pyridine rings is 1. The molecule has 0 saturated heterocycles. The Labute approximate surface area is 181 Å². The van der Waals surface area contributed by atoms with Gasteiger partial charge in [0, 0.05) is 11.8 Å². The molecule has 2 amide bonds. The van der Waals surface area contributed by atoms with Crippen LogP contribution in [-0.4, -0.2) is 42.2 Å². The zero-order valence-electron chi connectivity index (χ0n) is 15.8. The average molecular weight is 464 g/mol. The van der Waals surface area contributed by atoms with E-state index in [9.17, 15) is 17.8 Å². The van der Waals surface area contributed by atoms with Gasteiger partial charge in [-0.05, 0) is 24.3 Å². The number of para-hydroxylation sites is 2. The van der Waals surface area contributed by atoms with Crippen LogP contribution in [0, 0.1) is 11.3 Å². The van der Waals surface area contributed by atoms with Crippen LogP contribution in [-0.2, 0) is 15.1 Å². The van der Waals surface area contributed by atoms with Crippen LogP contribution in [0.3, 0.4) is 0 Å². The Morgan fingerprint density at radius 2 is 2.00 bits per heavy atom. The number of carbonyl (C=O) groups is 1. The fourth-order valence-electron chi connectivity index (χ4n) is 2.87. The smallest absolute Gasteiger partial charge is 0.323 e. The molecular weight excluding hydrogens is 450 g/mol. The number of hydrogen-bond acceptors (Lipinski definition) is 8. The topological polar surface area (TPSA) is 168 Å². The lowest BCUT2D eigenvalue weighted by Crippen LogP contribution is -2.55. The van der Waals surface area contributed by atoms with Crippen LogP contribution in [0.25, 0.3) is 0 Å². The molecule has 1 aliphatic rings. The molecule has 160 valence electrons. The van der Waals surface area contributed by atoms with Gasteiger partial charge in [-0.25, -0.2) is 19.7 Å². The minimum absolute atomic E-state index is 0.184. The first-order valence-electron chi connectivity index (χ1n) is 8.35. The van der Waals surface area contributed by atoms with E-state index in [0.717, 1.165) is 24.5 Å². The van der Waals surface area contributed by atoms with Crippen molar-refractivity contribution >= 4 is 34.0 Å². The molecule has 1 aromatic carbocycles. The second-order valence-electron chi connectivity index (χ2n) is 5.96. The van der Waals surface area contributed by atoms with E-state index >= 15 is 0 Å². The summed E-state index contributed by atoms with van der Waals surface area (Å²) in [5, 5.41) is 8.51. The molecule has 13 heteroatoms. The van der Waals surface area contributed by atoms with Gasteiger partial charge in [0.2, 0.25) is 0 Å². The lowest BCUT2D eigenvalue weighted by Gasteiger charge is -2.39. The molecule has 0 bridgehead atoms. The number of aromatic nitrogens is 1. The van der Waals surface area contributed by atoms with Crippen molar-refractivity contribution in [1.29, 1.82) is 5.26 Å². The maximum atomic E-state index is 12.5. The van der Waals surface area contributed by atoms with Crippen molar-refractivity contribution in [1.82, 2.24) is 9.88 Å². The van der Waals surface area contributed by atoms with E-state index in [2.05, 4.69) is 9.98 Å². The summed E-state index contributed by atoms with van der Waals surface area (Å²) in [5.41, 5.74) is 4.91. The van der Waals surface area contributed by atoms with Gasteiger partial charge in [-0.1, -0.05) is 23.7 Å². The number of benzene rings is 1. The van der Waals surface area contributed by atoms with Crippen LogP contribution in [0.5, 0.6) is 11.5 Å². The number of hydrogen-bond donors (Lipinski definition) is 2. The molecule has 1 unspecified atom stereocenters. The van der Waals surface area contributed by atoms with E-state index in [-0.39, 0.29) is 22.8 Å². The number of allylic oxidation sites excluding steroid dienone is 1. The summed E-state index contributed by atoms with van der Waals surface area (Å²) in [6.07, 6.45) is 2.02. The third-order valence-electron chi connectivity index (χ3n) is 4.18. The quantitative estimate of drug-likeness (QED) is 0.500. The monoisotopic (exact) mass is 463 g/mol. The fourth-order valence-corrected chi connectivity index (χ4v) is 4.23. The predicted molar refractivity (Wildman–Crippen MR) is 109 cm³/mol. The minimum atomic E-state index is -5.21. The van der Waals surface area contributed by atoms with Crippen molar-refractivity contribution in [2.75, 3.05) is 7.11 Å². The molecule has 0 saturated carbocycles. The van der Waals surface area contributed by atoms with Gasteiger partial charge in [0.25, 0.3) is 4.99 Å². The van der Waals surface area contributed by atoms with E-state index in [1.807, 2.05) is 0 Å². The van der Waals surface area contributed by atoms with Crippen molar-refractivity contribution in [2.45, 2.75) is 4.99 Å². The average Bonchev–Trinajstić information content (AvgIpc) is 2.74. The van der Waals surface area contributed by atoms with Gasteiger partial charge in [0.15, 0.2) is 22.4 Å². The molecule has 3 rings (SSSR count). The van der Waals surface area contributed by atoms with Crippen molar-refractivity contribution in [3.63, 3.8) is 0 Å². The largest absolute Gasteiger partial charge is 0.493 e. The Morgan fingerprint density at radius 3 is 2.58 bits per heavy atom. The molecule has 1 aliphatic heterocycles. The second kappa shape index (κ2) is 8.23. The van der Waals surface area contributed by atoms with Gasteiger partial charge < -0.3 is 15.2 Å². The van der Waals surface area contributed by atoms with Crippen LogP contribution in [0.1, 0.15) is 11.3 Å². The summed E-state index contributed by atoms with van der Waals surface area (Å²) >= 11 is 6.29. The van der Waals surface area contributed by atoms with E-state index in [1.54, 1.807) is 24.3 Å². The zero-order chi connectivity index (χ0) is 22.8. The normalized spacial score (nSPS) is 18.5. The van der Waals surface area contributed by atoms with E-state index in [1.165, 1.54) is 13.2 Å². The Bertz CT molecular complexity index is 1260. The molecule has 0 aliphatic carbocycles. The fraction of sp³-hybridized carbons (Fsp3) is 0.111. The summed E-state index contributed by atoms with van der Waals surface area (Å²) in [5.74, 6) is 0.251. The van der Waals surface area contributed by atoms with Crippen molar-refractivity contribution in [2.24, 2.45) is 10.7 Å². The third kappa shape index (κ3) is 3.77. The van der Waals surface area contributed by atoms with Crippen LogP contribution >= 0.6 is 11.6 Å². The van der Waals surface area contributed by atoms with Gasteiger partial charge in [-0.15, -0.1) is 0 Å². The standard InChI is InChI=1S/C18H14ClN5O6S/c1-29-13-4-2-3-5-14(13)30-15-10-23-18(31(26,27)28,24(16(15)19)17(21)25)11-6-7-22-12(8-11)9-20/h2-8,10H,1H3,(H2,21,25)(H,26,27,28). The van der Waals surface area contributed by atoms with Crippen molar-refractivity contribution in [3.8, 4) is 17.6 Å².